The van der Waals surface area contributed by atoms with Crippen molar-refractivity contribution in [2.75, 3.05) is 13.1 Å². The lowest BCUT2D eigenvalue weighted by atomic mass is 10.1. The molecule has 1 aromatic carbocycles. The van der Waals surface area contributed by atoms with E-state index in [2.05, 4.69) is 10.6 Å². The zero-order valence-corrected chi connectivity index (χ0v) is 11.2. The quantitative estimate of drug-likeness (QED) is 0.891. The Bertz CT molecular complexity index is 437. The molecule has 2 N–H and O–H groups in total. The summed E-state index contributed by atoms with van der Waals surface area (Å²) < 4.78 is 26.1. The van der Waals surface area contributed by atoms with Gasteiger partial charge in [-0.2, -0.15) is 0 Å². The molecule has 1 aromatic rings. The SMILES string of the molecule is Cl.O=C(Cc1ccc(F)cc1F)N[C@H]1CCCNC1. The number of benzene rings is 1. The second-order valence-electron chi connectivity index (χ2n) is 4.52. The molecule has 1 aliphatic rings. The summed E-state index contributed by atoms with van der Waals surface area (Å²) >= 11 is 0. The van der Waals surface area contributed by atoms with Gasteiger partial charge >= 0.3 is 0 Å². The molecule has 0 saturated carbocycles. The van der Waals surface area contributed by atoms with Crippen LogP contribution in [0.25, 0.3) is 0 Å². The molecule has 0 radical (unpaired) electrons. The molecule has 0 bridgehead atoms. The van der Waals surface area contributed by atoms with Crippen LogP contribution in [0.2, 0.25) is 0 Å². The van der Waals surface area contributed by atoms with E-state index in [9.17, 15) is 13.6 Å². The van der Waals surface area contributed by atoms with Crippen molar-refractivity contribution in [3.05, 3.63) is 35.4 Å². The molecule has 0 aromatic heterocycles. The minimum atomic E-state index is -0.674. The van der Waals surface area contributed by atoms with Crippen LogP contribution in [0.15, 0.2) is 18.2 Å². The predicted molar refractivity (Wildman–Crippen MR) is 71.3 cm³/mol. The second kappa shape index (κ2) is 7.40. The molecule has 3 nitrogen and oxygen atoms in total. The molecule has 1 amide bonds. The van der Waals surface area contributed by atoms with Gasteiger partial charge in [-0.1, -0.05) is 6.07 Å². The maximum Gasteiger partial charge on any atom is 0.224 e. The molecule has 0 unspecified atom stereocenters. The van der Waals surface area contributed by atoms with Crippen LogP contribution in [0.1, 0.15) is 18.4 Å². The van der Waals surface area contributed by atoms with E-state index in [1.807, 2.05) is 0 Å². The molecule has 1 atom stereocenters. The summed E-state index contributed by atoms with van der Waals surface area (Å²) in [5.74, 6) is -1.53. The maximum absolute atomic E-state index is 13.4. The summed E-state index contributed by atoms with van der Waals surface area (Å²) in [5.41, 5.74) is 0.220. The fourth-order valence-electron chi connectivity index (χ4n) is 2.09. The van der Waals surface area contributed by atoms with Crippen LogP contribution in [-0.4, -0.2) is 25.0 Å². The molecular weight excluding hydrogens is 274 g/mol. The summed E-state index contributed by atoms with van der Waals surface area (Å²) in [6.45, 7) is 1.72. The number of nitrogens with one attached hydrogen (secondary N) is 2. The lowest BCUT2D eigenvalue weighted by Gasteiger charge is -2.23. The monoisotopic (exact) mass is 290 g/mol. The average molecular weight is 291 g/mol. The van der Waals surface area contributed by atoms with Gasteiger partial charge in [0.05, 0.1) is 6.42 Å². The Balaban J connectivity index is 0.00000180. The fraction of sp³-hybridized carbons (Fsp3) is 0.462. The van der Waals surface area contributed by atoms with Crippen molar-refractivity contribution in [1.82, 2.24) is 10.6 Å². The summed E-state index contributed by atoms with van der Waals surface area (Å²) in [5, 5.41) is 6.03. The smallest absolute Gasteiger partial charge is 0.224 e. The molecular formula is C13H17ClF2N2O. The van der Waals surface area contributed by atoms with Gasteiger partial charge in [-0.3, -0.25) is 4.79 Å². The number of rotatable bonds is 3. The molecule has 19 heavy (non-hydrogen) atoms. The molecule has 0 spiro atoms. The highest BCUT2D eigenvalue weighted by Crippen LogP contribution is 2.10. The third kappa shape index (κ3) is 4.76. The van der Waals surface area contributed by atoms with E-state index < -0.39 is 11.6 Å². The standard InChI is InChI=1S/C13H16F2N2O.ClH/c14-10-4-3-9(12(15)7-10)6-13(18)17-11-2-1-5-16-8-11;/h3-4,7,11,16H,1-2,5-6,8H2,(H,17,18);1H/t11-;/m0./s1. The Morgan fingerprint density at radius 3 is 2.84 bits per heavy atom. The maximum atomic E-state index is 13.4. The van der Waals surface area contributed by atoms with E-state index in [1.54, 1.807) is 0 Å². The zero-order chi connectivity index (χ0) is 13.0. The third-order valence-electron chi connectivity index (χ3n) is 3.03. The van der Waals surface area contributed by atoms with Crippen LogP contribution in [-0.2, 0) is 11.2 Å². The van der Waals surface area contributed by atoms with Crippen LogP contribution in [0.4, 0.5) is 8.78 Å². The van der Waals surface area contributed by atoms with Crippen molar-refractivity contribution in [3.63, 3.8) is 0 Å². The second-order valence-corrected chi connectivity index (χ2v) is 4.52. The zero-order valence-electron chi connectivity index (χ0n) is 10.4. The van der Waals surface area contributed by atoms with Gasteiger partial charge in [0.2, 0.25) is 5.91 Å². The van der Waals surface area contributed by atoms with Crippen LogP contribution in [0.5, 0.6) is 0 Å². The van der Waals surface area contributed by atoms with Crippen molar-refractivity contribution < 1.29 is 13.6 Å². The number of halogens is 3. The fourth-order valence-corrected chi connectivity index (χ4v) is 2.09. The molecule has 1 heterocycles. The van der Waals surface area contributed by atoms with E-state index in [0.717, 1.165) is 38.1 Å². The molecule has 1 saturated heterocycles. The van der Waals surface area contributed by atoms with Gasteiger partial charge in [0.25, 0.3) is 0 Å². The van der Waals surface area contributed by atoms with Crippen LogP contribution >= 0.6 is 12.4 Å². The number of carbonyl (C=O) groups excluding carboxylic acids is 1. The highest BCUT2D eigenvalue weighted by atomic mass is 35.5. The molecule has 1 aliphatic heterocycles. The average Bonchev–Trinajstić information content (AvgIpc) is 2.34. The lowest BCUT2D eigenvalue weighted by Crippen LogP contribution is -2.46. The summed E-state index contributed by atoms with van der Waals surface area (Å²) in [4.78, 5) is 11.7. The third-order valence-corrected chi connectivity index (χ3v) is 3.03. The highest BCUT2D eigenvalue weighted by molar-refractivity contribution is 5.85. The van der Waals surface area contributed by atoms with Gasteiger partial charge in [0, 0.05) is 18.7 Å². The summed E-state index contributed by atoms with van der Waals surface area (Å²) in [6.07, 6.45) is 1.91. The van der Waals surface area contributed by atoms with E-state index in [0.29, 0.717) is 0 Å². The number of carbonyl (C=O) groups is 1. The van der Waals surface area contributed by atoms with Gasteiger partial charge in [-0.25, -0.2) is 8.78 Å². The van der Waals surface area contributed by atoms with E-state index in [1.165, 1.54) is 6.07 Å². The topological polar surface area (TPSA) is 41.1 Å². The molecule has 0 aliphatic carbocycles. The minimum absolute atomic E-state index is 0. The first-order valence-corrected chi connectivity index (χ1v) is 6.09. The first-order chi connectivity index (χ1) is 8.65. The first kappa shape index (κ1) is 15.9. The predicted octanol–water partition coefficient (Wildman–Crippen LogP) is 1.80. The van der Waals surface area contributed by atoms with Crippen LogP contribution in [0, 0.1) is 11.6 Å². The van der Waals surface area contributed by atoms with E-state index >= 15 is 0 Å². The van der Waals surface area contributed by atoms with Gasteiger partial charge in [-0.05, 0) is 31.0 Å². The lowest BCUT2D eigenvalue weighted by molar-refractivity contribution is -0.121. The Morgan fingerprint density at radius 1 is 1.42 bits per heavy atom. The molecule has 106 valence electrons. The summed E-state index contributed by atoms with van der Waals surface area (Å²) in [6, 6.07) is 3.37. The number of piperidine rings is 1. The summed E-state index contributed by atoms with van der Waals surface area (Å²) in [7, 11) is 0. The van der Waals surface area contributed by atoms with Gasteiger partial charge in [-0.15, -0.1) is 12.4 Å². The van der Waals surface area contributed by atoms with Gasteiger partial charge < -0.3 is 10.6 Å². The van der Waals surface area contributed by atoms with Crippen molar-refractivity contribution >= 4 is 18.3 Å². The Kier molecular flexibility index (Phi) is 6.18. The highest BCUT2D eigenvalue weighted by Gasteiger charge is 2.16. The van der Waals surface area contributed by atoms with Crippen LogP contribution < -0.4 is 10.6 Å². The van der Waals surface area contributed by atoms with Gasteiger partial charge in [0.15, 0.2) is 0 Å². The number of amides is 1. The van der Waals surface area contributed by atoms with Crippen LogP contribution in [0.3, 0.4) is 0 Å². The number of hydrogen-bond donors (Lipinski definition) is 2. The number of hydrogen-bond acceptors (Lipinski definition) is 2. The van der Waals surface area contributed by atoms with Crippen molar-refractivity contribution in [1.29, 1.82) is 0 Å². The minimum Gasteiger partial charge on any atom is -0.352 e. The molecule has 1 fully saturated rings. The molecule has 6 heteroatoms. The normalized spacial score (nSPS) is 18.5. The van der Waals surface area contributed by atoms with Crippen molar-refractivity contribution in [2.24, 2.45) is 0 Å². The first-order valence-electron chi connectivity index (χ1n) is 6.09. The Hall–Kier alpha value is -1.20. The molecule has 2 rings (SSSR count). The Morgan fingerprint density at radius 2 is 2.21 bits per heavy atom. The van der Waals surface area contributed by atoms with Crippen molar-refractivity contribution in [3.8, 4) is 0 Å². The Labute approximate surface area is 117 Å². The van der Waals surface area contributed by atoms with E-state index in [4.69, 9.17) is 0 Å². The van der Waals surface area contributed by atoms with Crippen molar-refractivity contribution in [2.45, 2.75) is 25.3 Å². The van der Waals surface area contributed by atoms with E-state index in [-0.39, 0.29) is 36.3 Å². The largest absolute Gasteiger partial charge is 0.352 e. The van der Waals surface area contributed by atoms with Gasteiger partial charge in [0.1, 0.15) is 11.6 Å².